The summed E-state index contributed by atoms with van der Waals surface area (Å²) in [6.07, 6.45) is 0.630. The number of aromatic hydroxyl groups is 1. The number of phenolic OH excluding ortho intramolecular Hbond substituents is 1. The molecule has 0 unspecified atom stereocenters. The van der Waals surface area contributed by atoms with Crippen molar-refractivity contribution in [3.8, 4) is 5.75 Å². The summed E-state index contributed by atoms with van der Waals surface area (Å²) in [5.41, 5.74) is 0.628. The van der Waals surface area contributed by atoms with Gasteiger partial charge in [0.15, 0.2) is 0 Å². The van der Waals surface area contributed by atoms with Crippen LogP contribution < -0.4 is 0 Å². The lowest BCUT2D eigenvalue weighted by atomic mass is 9.96. The first-order valence-corrected chi connectivity index (χ1v) is 5.44. The van der Waals surface area contributed by atoms with Crippen LogP contribution in [0.3, 0.4) is 0 Å². The van der Waals surface area contributed by atoms with Crippen molar-refractivity contribution in [1.29, 1.82) is 0 Å². The topological polar surface area (TPSA) is 63.4 Å². The van der Waals surface area contributed by atoms with Crippen LogP contribution in [0, 0.1) is 10.1 Å². The van der Waals surface area contributed by atoms with Gasteiger partial charge < -0.3 is 5.11 Å². The van der Waals surface area contributed by atoms with Gasteiger partial charge in [0.1, 0.15) is 5.75 Å². The minimum Gasteiger partial charge on any atom is -0.508 e. The van der Waals surface area contributed by atoms with Crippen molar-refractivity contribution < 1.29 is 10.0 Å². The Morgan fingerprint density at radius 3 is 2.80 bits per heavy atom. The second kappa shape index (κ2) is 5.11. The van der Waals surface area contributed by atoms with Gasteiger partial charge in [0.2, 0.25) is 6.54 Å². The standard InChI is InChI=1S/C10H12BrNO3/c1-2-7(6-12(14)15)9-5-8(11)3-4-10(9)13/h3-5,7,13H,2,6H2,1H3/t7-/m0/s1. The van der Waals surface area contributed by atoms with Crippen molar-refractivity contribution in [2.45, 2.75) is 19.3 Å². The number of hydrogen-bond donors (Lipinski definition) is 1. The molecule has 1 atom stereocenters. The van der Waals surface area contributed by atoms with Crippen LogP contribution in [0.25, 0.3) is 0 Å². The molecule has 1 N–H and O–H groups in total. The molecule has 15 heavy (non-hydrogen) atoms. The van der Waals surface area contributed by atoms with Crippen LogP contribution in [-0.2, 0) is 0 Å². The molecule has 0 aliphatic carbocycles. The molecule has 4 nitrogen and oxygen atoms in total. The fourth-order valence-corrected chi connectivity index (χ4v) is 1.86. The summed E-state index contributed by atoms with van der Waals surface area (Å²) in [6.45, 7) is 1.72. The number of phenols is 1. The van der Waals surface area contributed by atoms with Crippen molar-refractivity contribution in [2.24, 2.45) is 0 Å². The second-order valence-electron chi connectivity index (χ2n) is 3.32. The van der Waals surface area contributed by atoms with E-state index in [0.717, 1.165) is 4.47 Å². The Morgan fingerprint density at radius 1 is 1.60 bits per heavy atom. The summed E-state index contributed by atoms with van der Waals surface area (Å²) in [5.74, 6) is -0.121. The average Bonchev–Trinajstić information content (AvgIpc) is 2.18. The van der Waals surface area contributed by atoms with Gasteiger partial charge in [-0.25, -0.2) is 0 Å². The number of halogens is 1. The summed E-state index contributed by atoms with van der Waals surface area (Å²) in [4.78, 5) is 10.1. The Bertz CT molecular complexity index is 368. The van der Waals surface area contributed by atoms with E-state index < -0.39 is 0 Å². The van der Waals surface area contributed by atoms with Crippen molar-refractivity contribution in [3.63, 3.8) is 0 Å². The summed E-state index contributed by atoms with van der Waals surface area (Å²) in [7, 11) is 0. The zero-order valence-corrected chi connectivity index (χ0v) is 9.90. The first-order chi connectivity index (χ1) is 7.04. The molecule has 1 aromatic carbocycles. The van der Waals surface area contributed by atoms with E-state index in [1.54, 1.807) is 18.2 Å². The monoisotopic (exact) mass is 273 g/mol. The molecule has 0 heterocycles. The van der Waals surface area contributed by atoms with Crippen molar-refractivity contribution in [1.82, 2.24) is 0 Å². The third-order valence-corrected chi connectivity index (χ3v) is 2.78. The molecule has 0 saturated heterocycles. The summed E-state index contributed by atoms with van der Waals surface area (Å²) in [6, 6.07) is 4.98. The molecule has 0 aliphatic heterocycles. The summed E-state index contributed by atoms with van der Waals surface area (Å²) < 4.78 is 0.817. The molecular formula is C10H12BrNO3. The van der Waals surface area contributed by atoms with Crippen LogP contribution in [-0.4, -0.2) is 16.6 Å². The van der Waals surface area contributed by atoms with Gasteiger partial charge in [-0.2, -0.15) is 0 Å². The first kappa shape index (κ1) is 12.0. The van der Waals surface area contributed by atoms with E-state index in [9.17, 15) is 15.2 Å². The quantitative estimate of drug-likeness (QED) is 0.678. The van der Waals surface area contributed by atoms with E-state index in [-0.39, 0.29) is 23.1 Å². The molecule has 0 fully saturated rings. The SMILES string of the molecule is CC[C@@H](C[N+](=O)[O-])c1cc(Br)ccc1O. The number of rotatable bonds is 4. The smallest absolute Gasteiger partial charge is 0.210 e. The van der Waals surface area contributed by atoms with Gasteiger partial charge in [0.25, 0.3) is 0 Å². The average molecular weight is 274 g/mol. The third kappa shape index (κ3) is 3.20. The minimum absolute atomic E-state index is 0.118. The Balaban J connectivity index is 3.00. The molecule has 0 bridgehead atoms. The largest absolute Gasteiger partial charge is 0.508 e. The van der Waals surface area contributed by atoms with E-state index >= 15 is 0 Å². The minimum atomic E-state index is -0.353. The third-order valence-electron chi connectivity index (χ3n) is 2.29. The Labute approximate surface area is 96.2 Å². The fourth-order valence-electron chi connectivity index (χ4n) is 1.48. The van der Waals surface area contributed by atoms with Crippen molar-refractivity contribution >= 4 is 15.9 Å². The van der Waals surface area contributed by atoms with Crippen molar-refractivity contribution in [3.05, 3.63) is 38.3 Å². The van der Waals surface area contributed by atoms with Gasteiger partial charge in [-0.1, -0.05) is 22.9 Å². The molecule has 82 valence electrons. The van der Waals surface area contributed by atoms with Crippen molar-refractivity contribution in [2.75, 3.05) is 6.54 Å². The lowest BCUT2D eigenvalue weighted by Gasteiger charge is -2.12. The zero-order valence-electron chi connectivity index (χ0n) is 8.31. The normalized spacial score (nSPS) is 12.4. The lowest BCUT2D eigenvalue weighted by molar-refractivity contribution is -0.483. The van der Waals surface area contributed by atoms with Gasteiger partial charge in [0, 0.05) is 15.0 Å². The van der Waals surface area contributed by atoms with E-state index in [0.29, 0.717) is 12.0 Å². The molecule has 1 rings (SSSR count). The molecule has 1 aromatic rings. The number of hydrogen-bond acceptors (Lipinski definition) is 3. The van der Waals surface area contributed by atoms with Crippen LogP contribution >= 0.6 is 15.9 Å². The van der Waals surface area contributed by atoms with Gasteiger partial charge in [-0.3, -0.25) is 10.1 Å². The zero-order chi connectivity index (χ0) is 11.4. The highest BCUT2D eigenvalue weighted by atomic mass is 79.9. The molecule has 0 radical (unpaired) electrons. The maximum Gasteiger partial charge on any atom is 0.210 e. The van der Waals surface area contributed by atoms with Crippen LogP contribution in [0.1, 0.15) is 24.8 Å². The molecule has 0 aliphatic rings. The number of nitro groups is 1. The Morgan fingerprint density at radius 2 is 2.27 bits per heavy atom. The first-order valence-electron chi connectivity index (χ1n) is 4.64. The van der Waals surface area contributed by atoms with Gasteiger partial charge >= 0.3 is 0 Å². The predicted octanol–water partition coefficient (Wildman–Crippen LogP) is 2.93. The van der Waals surface area contributed by atoms with E-state index in [2.05, 4.69) is 15.9 Å². The Kier molecular flexibility index (Phi) is 4.08. The predicted molar refractivity (Wildman–Crippen MR) is 60.7 cm³/mol. The maximum absolute atomic E-state index is 10.5. The molecule has 5 heteroatoms. The number of benzene rings is 1. The molecule has 0 aromatic heterocycles. The fraction of sp³-hybridized carbons (Fsp3) is 0.400. The van der Waals surface area contributed by atoms with Gasteiger partial charge in [-0.05, 0) is 24.6 Å². The molecule has 0 spiro atoms. The number of nitrogens with zero attached hydrogens (tertiary/aromatic N) is 1. The van der Waals surface area contributed by atoms with Crippen LogP contribution in [0.2, 0.25) is 0 Å². The van der Waals surface area contributed by atoms with Gasteiger partial charge in [0.05, 0.1) is 5.92 Å². The lowest BCUT2D eigenvalue weighted by Crippen LogP contribution is -2.11. The summed E-state index contributed by atoms with van der Waals surface area (Å²) >= 11 is 3.28. The highest BCUT2D eigenvalue weighted by Crippen LogP contribution is 2.30. The molecular weight excluding hydrogens is 262 g/mol. The summed E-state index contributed by atoms with van der Waals surface area (Å²) in [5, 5.41) is 20.1. The van der Waals surface area contributed by atoms with Gasteiger partial charge in [-0.15, -0.1) is 0 Å². The van der Waals surface area contributed by atoms with Crippen LogP contribution in [0.4, 0.5) is 0 Å². The maximum atomic E-state index is 10.5. The highest BCUT2D eigenvalue weighted by Gasteiger charge is 2.19. The Hall–Kier alpha value is -1.10. The second-order valence-corrected chi connectivity index (χ2v) is 4.24. The van der Waals surface area contributed by atoms with E-state index in [4.69, 9.17) is 0 Å². The molecule has 0 amide bonds. The highest BCUT2D eigenvalue weighted by molar-refractivity contribution is 9.10. The molecule has 0 saturated carbocycles. The van der Waals surface area contributed by atoms with Crippen LogP contribution in [0.5, 0.6) is 5.75 Å². The van der Waals surface area contributed by atoms with E-state index in [1.165, 1.54) is 0 Å². The van der Waals surface area contributed by atoms with Crippen LogP contribution in [0.15, 0.2) is 22.7 Å². The van der Waals surface area contributed by atoms with E-state index in [1.807, 2.05) is 6.92 Å².